The van der Waals surface area contributed by atoms with Gasteiger partial charge in [0.05, 0.1) is 7.11 Å². The van der Waals surface area contributed by atoms with Crippen LogP contribution in [0.2, 0.25) is 5.02 Å². The van der Waals surface area contributed by atoms with Crippen LogP contribution in [0.4, 0.5) is 0 Å². The third-order valence-corrected chi connectivity index (χ3v) is 4.58. The summed E-state index contributed by atoms with van der Waals surface area (Å²) >= 11 is 5.96. The number of esters is 1. The number of ether oxygens (including phenoxy) is 2. The van der Waals surface area contributed by atoms with E-state index in [4.69, 9.17) is 21.1 Å². The first kappa shape index (κ1) is 19.7. The van der Waals surface area contributed by atoms with Crippen molar-refractivity contribution in [1.82, 2.24) is 4.90 Å². The second kappa shape index (κ2) is 8.76. The van der Waals surface area contributed by atoms with Gasteiger partial charge in [0.25, 0.3) is 5.91 Å². The molecule has 0 aliphatic rings. The normalized spacial score (nSPS) is 10.5. The molecule has 0 saturated carbocycles. The molecule has 0 heterocycles. The van der Waals surface area contributed by atoms with Crippen molar-refractivity contribution in [3.05, 3.63) is 76.8 Å². The molecule has 0 bridgehead atoms. The number of benzene rings is 3. The molecule has 3 aromatic carbocycles. The van der Waals surface area contributed by atoms with Crippen molar-refractivity contribution in [3.63, 3.8) is 0 Å². The van der Waals surface area contributed by atoms with Crippen LogP contribution >= 0.6 is 11.6 Å². The molecule has 28 heavy (non-hydrogen) atoms. The van der Waals surface area contributed by atoms with E-state index in [1.165, 1.54) is 12.0 Å². The molecule has 144 valence electrons. The minimum absolute atomic E-state index is 0.284. The molecule has 6 heteroatoms. The van der Waals surface area contributed by atoms with Crippen LogP contribution in [0.1, 0.15) is 15.9 Å². The summed E-state index contributed by atoms with van der Waals surface area (Å²) in [6.07, 6.45) is 0. The third-order valence-electron chi connectivity index (χ3n) is 4.35. The molecule has 0 spiro atoms. The topological polar surface area (TPSA) is 55.8 Å². The van der Waals surface area contributed by atoms with Gasteiger partial charge in [0.2, 0.25) is 0 Å². The highest BCUT2D eigenvalue weighted by Crippen LogP contribution is 2.26. The first-order valence-corrected chi connectivity index (χ1v) is 9.08. The number of rotatable bonds is 6. The standard InChI is InChI=1S/C22H20ClNO4/c1-24(13-15-6-5-9-18(23)10-15)21(25)14-28-22(26)19-11-16-7-3-4-8-17(16)12-20(19)27-2/h3-12H,13-14H2,1-2H3. The Bertz CT molecular complexity index is 1020. The van der Waals surface area contributed by atoms with Gasteiger partial charge in [-0.3, -0.25) is 4.79 Å². The summed E-state index contributed by atoms with van der Waals surface area (Å²) in [6.45, 7) is 0.0160. The zero-order valence-corrected chi connectivity index (χ0v) is 16.4. The van der Waals surface area contributed by atoms with Crippen LogP contribution in [0.25, 0.3) is 10.8 Å². The van der Waals surface area contributed by atoms with Gasteiger partial charge in [-0.25, -0.2) is 4.79 Å². The Morgan fingerprint density at radius 1 is 1.00 bits per heavy atom. The number of halogens is 1. The van der Waals surface area contributed by atoms with Crippen molar-refractivity contribution < 1.29 is 19.1 Å². The smallest absolute Gasteiger partial charge is 0.342 e. The molecule has 0 aromatic heterocycles. The highest BCUT2D eigenvalue weighted by atomic mass is 35.5. The molecular weight excluding hydrogens is 378 g/mol. The van der Waals surface area contributed by atoms with E-state index in [1.54, 1.807) is 31.3 Å². The molecule has 0 N–H and O–H groups in total. The molecule has 0 aliphatic heterocycles. The third kappa shape index (κ3) is 4.61. The SMILES string of the molecule is COc1cc2ccccc2cc1C(=O)OCC(=O)N(C)Cc1cccc(Cl)c1. The molecule has 3 aromatic rings. The van der Waals surface area contributed by atoms with Gasteiger partial charge in [0.15, 0.2) is 6.61 Å². The Morgan fingerprint density at radius 2 is 1.71 bits per heavy atom. The maximum Gasteiger partial charge on any atom is 0.342 e. The van der Waals surface area contributed by atoms with E-state index in [-0.39, 0.29) is 18.1 Å². The van der Waals surface area contributed by atoms with Crippen molar-refractivity contribution in [3.8, 4) is 5.75 Å². The van der Waals surface area contributed by atoms with Crippen LogP contribution in [-0.4, -0.2) is 37.5 Å². The monoisotopic (exact) mass is 397 g/mol. The predicted molar refractivity (Wildman–Crippen MR) is 109 cm³/mol. The molecule has 5 nitrogen and oxygen atoms in total. The van der Waals surface area contributed by atoms with E-state index in [0.717, 1.165) is 16.3 Å². The number of fused-ring (bicyclic) bond motifs is 1. The number of nitrogens with zero attached hydrogens (tertiary/aromatic N) is 1. The number of hydrogen-bond acceptors (Lipinski definition) is 4. The van der Waals surface area contributed by atoms with Gasteiger partial charge in [0, 0.05) is 18.6 Å². The molecule has 0 saturated heterocycles. The first-order valence-electron chi connectivity index (χ1n) is 8.70. The number of carbonyl (C=O) groups excluding carboxylic acids is 2. The second-order valence-electron chi connectivity index (χ2n) is 6.36. The lowest BCUT2D eigenvalue weighted by Crippen LogP contribution is -2.30. The Morgan fingerprint density at radius 3 is 2.39 bits per heavy atom. The Hall–Kier alpha value is -3.05. The van der Waals surface area contributed by atoms with Gasteiger partial charge < -0.3 is 14.4 Å². The summed E-state index contributed by atoms with van der Waals surface area (Å²) in [7, 11) is 3.14. The maximum atomic E-state index is 12.5. The Balaban J connectivity index is 1.66. The summed E-state index contributed by atoms with van der Waals surface area (Å²) in [5.41, 5.74) is 1.18. The number of likely N-dealkylation sites (N-methyl/N-ethyl adjacent to an activating group) is 1. The lowest BCUT2D eigenvalue weighted by atomic mass is 10.1. The molecule has 0 atom stereocenters. The largest absolute Gasteiger partial charge is 0.496 e. The van der Waals surface area contributed by atoms with Gasteiger partial charge in [-0.15, -0.1) is 0 Å². The highest BCUT2D eigenvalue weighted by Gasteiger charge is 2.18. The summed E-state index contributed by atoms with van der Waals surface area (Å²) in [6, 6.07) is 18.4. The van der Waals surface area contributed by atoms with Gasteiger partial charge in [0.1, 0.15) is 11.3 Å². The van der Waals surface area contributed by atoms with Gasteiger partial charge in [-0.1, -0.05) is 48.0 Å². The summed E-state index contributed by atoms with van der Waals surface area (Å²) in [4.78, 5) is 26.3. The number of hydrogen-bond donors (Lipinski definition) is 0. The van der Waals surface area contributed by atoms with Gasteiger partial charge in [-0.2, -0.15) is 0 Å². The van der Waals surface area contributed by atoms with Crippen molar-refractivity contribution in [2.24, 2.45) is 0 Å². The Kier molecular flexibility index (Phi) is 6.16. The first-order chi connectivity index (χ1) is 13.5. The lowest BCUT2D eigenvalue weighted by molar-refractivity contribution is -0.133. The molecular formula is C22H20ClNO4. The van der Waals surface area contributed by atoms with E-state index >= 15 is 0 Å². The molecule has 0 fully saturated rings. The van der Waals surface area contributed by atoms with E-state index in [1.807, 2.05) is 36.4 Å². The van der Waals surface area contributed by atoms with Crippen LogP contribution in [0, 0.1) is 0 Å². The zero-order chi connectivity index (χ0) is 20.1. The zero-order valence-electron chi connectivity index (χ0n) is 15.6. The maximum absolute atomic E-state index is 12.5. The van der Waals surface area contributed by atoms with Gasteiger partial charge >= 0.3 is 5.97 Å². The number of amides is 1. The van der Waals surface area contributed by atoms with Crippen LogP contribution in [0.15, 0.2) is 60.7 Å². The highest BCUT2D eigenvalue weighted by molar-refractivity contribution is 6.30. The number of methoxy groups -OCH3 is 1. The number of carbonyl (C=O) groups is 2. The average Bonchev–Trinajstić information content (AvgIpc) is 2.70. The van der Waals surface area contributed by atoms with Crippen LogP contribution in [0.3, 0.4) is 0 Å². The van der Waals surface area contributed by atoms with E-state index in [9.17, 15) is 9.59 Å². The molecule has 0 unspecified atom stereocenters. The fourth-order valence-corrected chi connectivity index (χ4v) is 3.07. The van der Waals surface area contributed by atoms with E-state index in [0.29, 0.717) is 17.3 Å². The minimum atomic E-state index is -0.605. The summed E-state index contributed by atoms with van der Waals surface area (Å²) in [5, 5.41) is 2.45. The predicted octanol–water partition coefficient (Wildman–Crippen LogP) is 4.32. The summed E-state index contributed by atoms with van der Waals surface area (Å²) in [5.74, 6) is -0.511. The molecule has 1 amide bonds. The fourth-order valence-electron chi connectivity index (χ4n) is 2.86. The Labute approximate surface area is 168 Å². The lowest BCUT2D eigenvalue weighted by Gasteiger charge is -2.17. The van der Waals surface area contributed by atoms with Crippen molar-refractivity contribution in [2.45, 2.75) is 6.54 Å². The summed E-state index contributed by atoms with van der Waals surface area (Å²) < 4.78 is 10.5. The van der Waals surface area contributed by atoms with Crippen LogP contribution in [0.5, 0.6) is 5.75 Å². The minimum Gasteiger partial charge on any atom is -0.496 e. The fraction of sp³-hybridized carbons (Fsp3) is 0.182. The quantitative estimate of drug-likeness (QED) is 0.581. The van der Waals surface area contributed by atoms with Gasteiger partial charge in [-0.05, 0) is 40.6 Å². The average molecular weight is 398 g/mol. The van der Waals surface area contributed by atoms with Crippen LogP contribution in [-0.2, 0) is 16.1 Å². The molecule has 0 radical (unpaired) electrons. The van der Waals surface area contributed by atoms with E-state index < -0.39 is 5.97 Å². The molecule has 3 rings (SSSR count). The molecule has 0 aliphatic carbocycles. The van der Waals surface area contributed by atoms with Crippen LogP contribution < -0.4 is 4.74 Å². The van der Waals surface area contributed by atoms with Crippen molar-refractivity contribution in [1.29, 1.82) is 0 Å². The van der Waals surface area contributed by atoms with E-state index in [2.05, 4.69) is 0 Å². The second-order valence-corrected chi connectivity index (χ2v) is 6.79. The van der Waals surface area contributed by atoms with Crippen molar-refractivity contribution in [2.75, 3.05) is 20.8 Å². The van der Waals surface area contributed by atoms with Crippen molar-refractivity contribution >= 4 is 34.2 Å².